The summed E-state index contributed by atoms with van der Waals surface area (Å²) in [6.07, 6.45) is 26.3. The second-order valence-corrected chi connectivity index (χ2v) is 13.1. The molecule has 1 heterocycles. The normalized spacial score (nSPS) is 13.3. The quantitative estimate of drug-likeness (QED) is 0.0922. The zero-order chi connectivity index (χ0) is 28.1. The molecule has 0 saturated heterocycles. The van der Waals surface area contributed by atoms with Crippen LogP contribution in [0.1, 0.15) is 175 Å². The minimum absolute atomic E-state index is 0.134. The van der Waals surface area contributed by atoms with Crippen molar-refractivity contribution in [2.75, 3.05) is 0 Å². The van der Waals surface area contributed by atoms with Crippen LogP contribution in [0.4, 0.5) is 0 Å². The van der Waals surface area contributed by atoms with E-state index in [0.717, 1.165) is 25.6 Å². The van der Waals surface area contributed by atoms with Gasteiger partial charge in [-0.15, -0.1) is 0 Å². The molecule has 0 N–H and O–H groups in total. The summed E-state index contributed by atoms with van der Waals surface area (Å²) in [6.45, 7) is 16.2. The minimum atomic E-state index is -0.134. The van der Waals surface area contributed by atoms with Gasteiger partial charge in [0.2, 0.25) is 0 Å². The van der Waals surface area contributed by atoms with E-state index < -0.39 is 0 Å². The van der Waals surface area contributed by atoms with Crippen molar-refractivity contribution >= 4 is 19.9 Å². The molecule has 1 atom stereocenters. The van der Waals surface area contributed by atoms with Crippen LogP contribution in [0.25, 0.3) is 0 Å². The van der Waals surface area contributed by atoms with E-state index in [9.17, 15) is 4.79 Å². The fraction of sp³-hybridized carbons (Fsp3) is 0.829. The van der Waals surface area contributed by atoms with Crippen LogP contribution in [-0.2, 0) is 17.5 Å². The van der Waals surface area contributed by atoms with Crippen LogP contribution in [0.3, 0.4) is 0 Å². The van der Waals surface area contributed by atoms with Gasteiger partial charge in [0.1, 0.15) is 0 Å². The predicted molar refractivity (Wildman–Crippen MR) is 174 cm³/mol. The van der Waals surface area contributed by atoms with Gasteiger partial charge in [-0.05, 0) is 0 Å². The smallest absolute Gasteiger partial charge is 0.0654 e. The molecular formula is C35H64B2O. The molecule has 0 aromatic carbocycles. The number of unbranched alkanes of at least 4 members (excludes halogenated alkanes) is 11. The van der Waals surface area contributed by atoms with Gasteiger partial charge in [0, 0.05) is 0 Å². The molecule has 1 aromatic heterocycles. The fourth-order valence-electron chi connectivity index (χ4n) is 6.33. The Bertz CT molecular complexity index is 718. The summed E-state index contributed by atoms with van der Waals surface area (Å²) < 4.78 is 0. The van der Waals surface area contributed by atoms with Crippen molar-refractivity contribution in [3.8, 4) is 0 Å². The zero-order valence-corrected chi connectivity index (χ0v) is 26.8. The molecule has 0 spiro atoms. The van der Waals surface area contributed by atoms with E-state index in [1.807, 2.05) is 0 Å². The summed E-state index contributed by atoms with van der Waals surface area (Å²) in [7, 11) is 0.706. The van der Waals surface area contributed by atoms with Crippen LogP contribution in [-0.4, -0.2) is 19.9 Å². The average Bonchev–Trinajstić information content (AvgIpc) is 2.91. The molecule has 0 aliphatic heterocycles. The summed E-state index contributed by atoms with van der Waals surface area (Å²) >= 11 is 0. The van der Waals surface area contributed by atoms with Gasteiger partial charge in [0.05, 0.1) is 0 Å². The Morgan fingerprint density at radius 3 is 1.76 bits per heavy atom. The summed E-state index contributed by atoms with van der Waals surface area (Å²) in [5, 5.41) is 0. The van der Waals surface area contributed by atoms with Crippen LogP contribution in [0.5, 0.6) is 0 Å². The van der Waals surface area contributed by atoms with Gasteiger partial charge in [0.25, 0.3) is 0 Å². The topological polar surface area (TPSA) is 17.1 Å². The third-order valence-electron chi connectivity index (χ3n) is 9.21. The second-order valence-electron chi connectivity index (χ2n) is 13.1. The molecular weight excluding hydrogens is 458 g/mol. The summed E-state index contributed by atoms with van der Waals surface area (Å²) in [4.78, 5) is 13.7. The van der Waals surface area contributed by atoms with Crippen molar-refractivity contribution < 1.29 is 4.79 Å². The third-order valence-corrected chi connectivity index (χ3v) is 9.21. The predicted octanol–water partition coefficient (Wildman–Crippen LogP) is 10.5. The molecule has 0 amide bonds. The van der Waals surface area contributed by atoms with Gasteiger partial charge in [0.15, 0.2) is 0 Å². The van der Waals surface area contributed by atoms with E-state index in [-0.39, 0.29) is 5.41 Å². The van der Waals surface area contributed by atoms with Crippen molar-refractivity contribution in [3.05, 3.63) is 29.1 Å². The van der Waals surface area contributed by atoms with Crippen LogP contribution >= 0.6 is 0 Å². The fourth-order valence-corrected chi connectivity index (χ4v) is 6.33. The van der Waals surface area contributed by atoms with Gasteiger partial charge in [-0.2, -0.15) is 0 Å². The average molecular weight is 523 g/mol. The number of rotatable bonds is 25. The van der Waals surface area contributed by atoms with E-state index in [2.05, 4.69) is 66.4 Å². The monoisotopic (exact) mass is 523 g/mol. The molecule has 1 aromatic rings. The van der Waals surface area contributed by atoms with Gasteiger partial charge in [-0.1, -0.05) is 13.8 Å². The van der Waals surface area contributed by atoms with E-state index >= 15 is 0 Å². The SMILES string of the molecule is CCCCCCCC(C)(CCCC)Cc1cbccc1CBC(=O)C(C)(CCCCCC)CCCCCC. The first kappa shape index (κ1) is 35.2. The van der Waals surface area contributed by atoms with Crippen LogP contribution in [0.2, 0.25) is 0 Å². The Morgan fingerprint density at radius 1 is 0.684 bits per heavy atom. The zero-order valence-electron chi connectivity index (χ0n) is 26.8. The van der Waals surface area contributed by atoms with E-state index in [0.29, 0.717) is 18.4 Å². The minimum Gasteiger partial charge on any atom is -0.0654 e. The van der Waals surface area contributed by atoms with Gasteiger partial charge in [-0.3, -0.25) is 0 Å². The second kappa shape index (κ2) is 21.0. The van der Waals surface area contributed by atoms with Crippen LogP contribution in [0.15, 0.2) is 18.0 Å². The number of hydrogen-bond donors (Lipinski definition) is 0. The van der Waals surface area contributed by atoms with Gasteiger partial charge < -0.3 is 0 Å². The number of hydrogen-bond acceptors (Lipinski definition) is 1. The standard InChI is InChI=1S/C35H64B2O/c1-7-11-15-18-19-24-34(5,23-14-10-4)28-32-29-36-27-22-31(32)30-37-33(38)35(6,25-20-16-12-8-2)26-21-17-13-9-3/h22,27,29,37H,7-21,23-26,28,30H2,1-6H3. The Morgan fingerprint density at radius 2 is 1.18 bits per heavy atom. The molecule has 1 rings (SSSR count). The first-order valence-electron chi connectivity index (χ1n) is 16.9. The Labute approximate surface area is 240 Å². The Balaban J connectivity index is 2.88. The van der Waals surface area contributed by atoms with Crippen LogP contribution in [0, 0.1) is 10.8 Å². The molecule has 0 saturated carbocycles. The molecule has 3 heteroatoms. The van der Waals surface area contributed by atoms with Gasteiger partial charge >= 0.3 is 227 Å². The molecule has 0 fully saturated rings. The molecule has 1 nitrogen and oxygen atoms in total. The summed E-state index contributed by atoms with van der Waals surface area (Å²) in [5.41, 5.74) is 3.68. The van der Waals surface area contributed by atoms with Crippen LogP contribution < -0.4 is 0 Å². The maximum atomic E-state index is 13.7. The summed E-state index contributed by atoms with van der Waals surface area (Å²) in [5.74, 6) is 4.54. The molecule has 0 aliphatic rings. The Hall–Kier alpha value is -0.850. The van der Waals surface area contributed by atoms with Crippen molar-refractivity contribution in [3.63, 3.8) is 0 Å². The molecule has 216 valence electrons. The molecule has 0 radical (unpaired) electrons. The number of carbonyl (C=O) groups is 1. The number of carbonyl (C=O) groups excluding carboxylic acids is 1. The first-order valence-corrected chi connectivity index (χ1v) is 16.9. The molecule has 1 unspecified atom stereocenters. The van der Waals surface area contributed by atoms with Crippen molar-refractivity contribution in [2.45, 2.75) is 176 Å². The Kier molecular flexibility index (Phi) is 19.4. The molecule has 0 bridgehead atoms. The van der Waals surface area contributed by atoms with Crippen molar-refractivity contribution in [1.82, 2.24) is 0 Å². The molecule has 0 aliphatic carbocycles. The van der Waals surface area contributed by atoms with Crippen molar-refractivity contribution in [1.29, 1.82) is 0 Å². The molecule has 38 heavy (non-hydrogen) atoms. The van der Waals surface area contributed by atoms with E-state index in [4.69, 9.17) is 0 Å². The van der Waals surface area contributed by atoms with Crippen molar-refractivity contribution in [2.24, 2.45) is 10.8 Å². The first-order chi connectivity index (χ1) is 18.3. The maximum absolute atomic E-state index is 13.7. The van der Waals surface area contributed by atoms with Gasteiger partial charge in [-0.25, -0.2) is 0 Å². The van der Waals surface area contributed by atoms with E-state index in [1.54, 1.807) is 0 Å². The summed E-state index contributed by atoms with van der Waals surface area (Å²) in [6, 6.07) is 2.31. The third kappa shape index (κ3) is 14.5. The van der Waals surface area contributed by atoms with E-state index in [1.165, 1.54) is 120 Å².